The van der Waals surface area contributed by atoms with Gasteiger partial charge in [0.15, 0.2) is 9.84 Å². The molecule has 156 valence electrons. The number of pyridine rings is 1. The zero-order valence-corrected chi connectivity index (χ0v) is 18.8. The lowest BCUT2D eigenvalue weighted by Gasteiger charge is -2.37. The molecule has 1 aromatic heterocycles. The summed E-state index contributed by atoms with van der Waals surface area (Å²) < 4.78 is 25.7. The Kier molecular flexibility index (Phi) is 6.87. The van der Waals surface area contributed by atoms with Crippen molar-refractivity contribution >= 4 is 38.9 Å². The molecular formula is C21H24Cl2N2O3S. The molecule has 3 rings (SSSR count). The second-order valence-electron chi connectivity index (χ2n) is 7.55. The standard InChI is InChI=1S/C21H24Cl2N2O3S/c1-3-15-8-7-14(2)25(12-15)21(26)17-9-16(10-24-11-17)13-29(27,28)20-18(22)5-4-6-19(20)23/h4-6,9-11,14-15H,3,7-8,12-13H2,1-2H3. The van der Waals surface area contributed by atoms with Crippen LogP contribution in [0.2, 0.25) is 10.0 Å². The van der Waals surface area contributed by atoms with E-state index < -0.39 is 9.84 Å². The number of benzene rings is 1. The molecule has 0 aliphatic carbocycles. The predicted octanol–water partition coefficient (Wildman–Crippen LogP) is 5.01. The van der Waals surface area contributed by atoms with E-state index >= 15 is 0 Å². The molecule has 29 heavy (non-hydrogen) atoms. The van der Waals surface area contributed by atoms with Crippen molar-refractivity contribution in [1.82, 2.24) is 9.88 Å². The molecule has 0 saturated carbocycles. The van der Waals surface area contributed by atoms with Gasteiger partial charge in [0.05, 0.1) is 21.4 Å². The van der Waals surface area contributed by atoms with Crippen molar-refractivity contribution in [1.29, 1.82) is 0 Å². The predicted molar refractivity (Wildman–Crippen MR) is 115 cm³/mol. The normalized spacial score (nSPS) is 19.9. The third kappa shape index (κ3) is 4.93. The maximum atomic E-state index is 13.1. The minimum absolute atomic E-state index is 0.0745. The number of piperidine rings is 1. The van der Waals surface area contributed by atoms with Crippen LogP contribution in [0.25, 0.3) is 0 Å². The third-order valence-electron chi connectivity index (χ3n) is 5.45. The Bertz CT molecular complexity index is 990. The maximum Gasteiger partial charge on any atom is 0.255 e. The molecule has 1 aliphatic rings. The van der Waals surface area contributed by atoms with Crippen molar-refractivity contribution in [3.8, 4) is 0 Å². The van der Waals surface area contributed by atoms with E-state index in [0.29, 0.717) is 23.6 Å². The van der Waals surface area contributed by atoms with Crippen molar-refractivity contribution in [2.75, 3.05) is 6.54 Å². The fourth-order valence-corrected chi connectivity index (χ4v) is 6.29. The van der Waals surface area contributed by atoms with Crippen molar-refractivity contribution in [3.05, 3.63) is 57.8 Å². The molecule has 5 nitrogen and oxygen atoms in total. The summed E-state index contributed by atoms with van der Waals surface area (Å²) in [6.45, 7) is 4.90. The molecular weight excluding hydrogens is 431 g/mol. The monoisotopic (exact) mass is 454 g/mol. The van der Waals surface area contributed by atoms with E-state index in [4.69, 9.17) is 23.2 Å². The van der Waals surface area contributed by atoms with Crippen molar-refractivity contribution in [2.45, 2.75) is 49.8 Å². The fraction of sp³-hybridized carbons (Fsp3) is 0.429. The summed E-state index contributed by atoms with van der Waals surface area (Å²) in [4.78, 5) is 18.9. The zero-order valence-electron chi connectivity index (χ0n) is 16.4. The van der Waals surface area contributed by atoms with Gasteiger partial charge in [-0.3, -0.25) is 9.78 Å². The van der Waals surface area contributed by atoms with Gasteiger partial charge in [-0.05, 0) is 49.4 Å². The number of sulfone groups is 1. The van der Waals surface area contributed by atoms with E-state index in [2.05, 4.69) is 11.9 Å². The molecule has 2 heterocycles. The Morgan fingerprint density at radius 2 is 1.90 bits per heavy atom. The molecule has 8 heteroatoms. The minimum Gasteiger partial charge on any atom is -0.336 e. The average Bonchev–Trinajstić information content (AvgIpc) is 2.67. The number of hydrogen-bond acceptors (Lipinski definition) is 4. The van der Waals surface area contributed by atoms with E-state index in [-0.39, 0.29) is 32.6 Å². The third-order valence-corrected chi connectivity index (χ3v) is 8.08. The second-order valence-corrected chi connectivity index (χ2v) is 10.3. The molecule has 2 atom stereocenters. The van der Waals surface area contributed by atoms with Crippen LogP contribution >= 0.6 is 23.2 Å². The largest absolute Gasteiger partial charge is 0.336 e. The Hall–Kier alpha value is -1.63. The van der Waals surface area contributed by atoms with Crippen molar-refractivity contribution < 1.29 is 13.2 Å². The van der Waals surface area contributed by atoms with Gasteiger partial charge in [-0.2, -0.15) is 0 Å². The minimum atomic E-state index is -3.79. The van der Waals surface area contributed by atoms with Crippen LogP contribution in [0.15, 0.2) is 41.6 Å². The number of hydrogen-bond donors (Lipinski definition) is 0. The van der Waals surface area contributed by atoms with Gasteiger partial charge < -0.3 is 4.90 Å². The van der Waals surface area contributed by atoms with Crippen LogP contribution in [0.4, 0.5) is 0 Å². The quantitative estimate of drug-likeness (QED) is 0.636. The molecule has 1 aliphatic heterocycles. The van der Waals surface area contributed by atoms with Gasteiger partial charge in [-0.25, -0.2) is 8.42 Å². The van der Waals surface area contributed by atoms with Gasteiger partial charge in [0, 0.05) is 25.0 Å². The summed E-state index contributed by atoms with van der Waals surface area (Å²) >= 11 is 12.1. The maximum absolute atomic E-state index is 13.1. The van der Waals surface area contributed by atoms with E-state index in [1.807, 2.05) is 11.8 Å². The number of carbonyl (C=O) groups excluding carboxylic acids is 1. The average molecular weight is 455 g/mol. The number of aromatic nitrogens is 1. The number of nitrogens with zero attached hydrogens (tertiary/aromatic N) is 2. The van der Waals surface area contributed by atoms with E-state index in [0.717, 1.165) is 19.3 Å². The first-order valence-corrected chi connectivity index (χ1v) is 12.1. The number of rotatable bonds is 5. The van der Waals surface area contributed by atoms with Gasteiger partial charge in [-0.1, -0.05) is 42.6 Å². The Morgan fingerprint density at radius 1 is 1.21 bits per heavy atom. The number of likely N-dealkylation sites (tertiary alicyclic amines) is 1. The van der Waals surface area contributed by atoms with Crippen molar-refractivity contribution in [2.24, 2.45) is 5.92 Å². The first kappa shape index (κ1) is 22.1. The molecule has 2 aromatic rings. The zero-order chi connectivity index (χ0) is 21.2. The Balaban J connectivity index is 1.85. The van der Waals surface area contributed by atoms with Crippen LogP contribution in [-0.4, -0.2) is 36.8 Å². The van der Waals surface area contributed by atoms with E-state index in [1.54, 1.807) is 12.1 Å². The highest BCUT2D eigenvalue weighted by Gasteiger charge is 2.29. The highest BCUT2D eigenvalue weighted by atomic mass is 35.5. The van der Waals surface area contributed by atoms with Crippen LogP contribution < -0.4 is 0 Å². The van der Waals surface area contributed by atoms with Gasteiger partial charge in [0.1, 0.15) is 4.90 Å². The summed E-state index contributed by atoms with van der Waals surface area (Å²) in [5.41, 5.74) is 0.815. The second kappa shape index (κ2) is 9.02. The lowest BCUT2D eigenvalue weighted by Crippen LogP contribution is -2.45. The SMILES string of the molecule is CCC1CCC(C)N(C(=O)c2cncc(CS(=O)(=O)c3c(Cl)cccc3Cl)c2)C1. The first-order chi connectivity index (χ1) is 13.7. The van der Waals surface area contributed by atoms with Crippen LogP contribution in [0.5, 0.6) is 0 Å². The molecule has 1 fully saturated rings. The van der Waals surface area contributed by atoms with Gasteiger partial charge >= 0.3 is 0 Å². The summed E-state index contributed by atoms with van der Waals surface area (Å²) in [7, 11) is -3.79. The molecule has 1 saturated heterocycles. The molecule has 0 N–H and O–H groups in total. The lowest BCUT2D eigenvalue weighted by atomic mass is 9.91. The van der Waals surface area contributed by atoms with Crippen molar-refractivity contribution in [3.63, 3.8) is 0 Å². The fourth-order valence-electron chi connectivity index (χ4n) is 3.72. The summed E-state index contributed by atoms with van der Waals surface area (Å²) in [5.74, 6) is 0.0461. The first-order valence-electron chi connectivity index (χ1n) is 9.64. The molecule has 0 spiro atoms. The summed E-state index contributed by atoms with van der Waals surface area (Å²) in [6.07, 6.45) is 6.07. The molecule has 1 amide bonds. The highest BCUT2D eigenvalue weighted by Crippen LogP contribution is 2.31. The van der Waals surface area contributed by atoms with Gasteiger partial charge in [0.2, 0.25) is 0 Å². The topological polar surface area (TPSA) is 67.3 Å². The molecule has 2 unspecified atom stereocenters. The molecule has 0 bridgehead atoms. The number of amides is 1. The lowest BCUT2D eigenvalue weighted by molar-refractivity contribution is 0.0556. The van der Waals surface area contributed by atoms with Crippen LogP contribution in [0.1, 0.15) is 49.0 Å². The van der Waals surface area contributed by atoms with Crippen LogP contribution in [-0.2, 0) is 15.6 Å². The van der Waals surface area contributed by atoms with Crippen LogP contribution in [0.3, 0.4) is 0 Å². The number of carbonyl (C=O) groups is 1. The number of halogens is 2. The molecule has 1 aromatic carbocycles. The van der Waals surface area contributed by atoms with Gasteiger partial charge in [0.25, 0.3) is 5.91 Å². The Labute approximate surface area is 182 Å². The highest BCUT2D eigenvalue weighted by molar-refractivity contribution is 7.90. The van der Waals surface area contributed by atoms with E-state index in [1.165, 1.54) is 24.5 Å². The summed E-state index contributed by atoms with van der Waals surface area (Å²) in [5, 5.41) is 0.149. The Morgan fingerprint density at radius 3 is 2.55 bits per heavy atom. The van der Waals surface area contributed by atoms with Gasteiger partial charge in [-0.15, -0.1) is 0 Å². The van der Waals surface area contributed by atoms with E-state index in [9.17, 15) is 13.2 Å². The summed E-state index contributed by atoms with van der Waals surface area (Å²) in [6, 6.07) is 6.31. The van der Waals surface area contributed by atoms with Crippen LogP contribution in [0, 0.1) is 5.92 Å². The molecule has 0 radical (unpaired) electrons. The smallest absolute Gasteiger partial charge is 0.255 e.